The van der Waals surface area contributed by atoms with Crippen LogP contribution in [0.25, 0.3) is 10.9 Å². The van der Waals surface area contributed by atoms with Crippen molar-refractivity contribution in [3.8, 4) is 40.6 Å². The summed E-state index contributed by atoms with van der Waals surface area (Å²) in [6.07, 6.45) is -8.21. The number of esters is 1. The molecule has 3 aromatic carbocycles. The van der Waals surface area contributed by atoms with E-state index in [4.69, 9.17) is 44.6 Å². The molecule has 2 saturated carbocycles. The van der Waals surface area contributed by atoms with Gasteiger partial charge in [0.25, 0.3) is 0 Å². The summed E-state index contributed by atoms with van der Waals surface area (Å²) in [6.45, 7) is -1.16. The van der Waals surface area contributed by atoms with Crippen molar-refractivity contribution in [2.75, 3.05) is 13.4 Å². The van der Waals surface area contributed by atoms with Gasteiger partial charge in [-0.15, -0.1) is 0 Å². The number of aliphatic hydroxyl groups is 6. The molecule has 20 nitrogen and oxygen atoms in total. The molecule has 0 amide bonds. The van der Waals surface area contributed by atoms with Crippen LogP contribution in [0, 0.1) is 23.7 Å². The van der Waals surface area contributed by atoms with Gasteiger partial charge in [-0.25, -0.2) is 0 Å². The van der Waals surface area contributed by atoms with Gasteiger partial charge in [0.15, 0.2) is 30.0 Å². The number of carbonyl (C=O) groups is 2. The smallest absolute Gasteiger partial charge is 0.317 e. The highest BCUT2D eigenvalue weighted by Gasteiger charge is 2.76. The highest BCUT2D eigenvalue weighted by Crippen LogP contribution is 2.67. The predicted molar refractivity (Wildman–Crippen MR) is 244 cm³/mol. The molecule has 0 radical (unpaired) electrons. The Morgan fingerprint density at radius 2 is 1.76 bits per heavy atom. The molecule has 8 bridgehead atoms. The minimum absolute atomic E-state index is 0.107. The second-order valence-electron chi connectivity index (χ2n) is 19.6. The van der Waals surface area contributed by atoms with Crippen molar-refractivity contribution in [2.24, 2.45) is 23.3 Å². The number of H-pyrrole nitrogens is 1. The van der Waals surface area contributed by atoms with Crippen molar-refractivity contribution in [1.82, 2.24) is 9.55 Å². The first-order valence-corrected chi connectivity index (χ1v) is 23.7. The maximum atomic E-state index is 13.2. The molecule has 1 saturated heterocycles. The van der Waals surface area contributed by atoms with Crippen LogP contribution in [0.15, 0.2) is 67.0 Å². The number of fused-ring (bicyclic) bond motifs is 8. The third-order valence-corrected chi connectivity index (χ3v) is 16.0. The molecule has 7 heterocycles. The van der Waals surface area contributed by atoms with Crippen LogP contribution in [0.5, 0.6) is 28.7 Å². The van der Waals surface area contributed by atoms with Crippen LogP contribution in [0.1, 0.15) is 83.1 Å². The molecule has 71 heavy (non-hydrogen) atoms. The van der Waals surface area contributed by atoms with Crippen LogP contribution in [-0.4, -0.2) is 125 Å². The quantitative estimate of drug-likeness (QED) is 0.0388. The van der Waals surface area contributed by atoms with Gasteiger partial charge in [-0.3, -0.25) is 9.59 Å². The lowest BCUT2D eigenvalue weighted by Gasteiger charge is -2.65. The van der Waals surface area contributed by atoms with Gasteiger partial charge in [-0.2, -0.15) is 0 Å². The number of aliphatic carboxylic acids is 1. The monoisotopic (exact) mass is 976 g/mol. The molecule has 12 rings (SSSR count). The number of nitrogens with two attached hydrogens (primary N) is 2. The Balaban J connectivity index is 1.09. The van der Waals surface area contributed by atoms with Gasteiger partial charge >= 0.3 is 11.9 Å². The molecular weight excluding hydrogens is 925 g/mol. The van der Waals surface area contributed by atoms with Crippen molar-refractivity contribution in [3.05, 3.63) is 101 Å². The molecule has 2 aromatic heterocycles. The number of rotatable bonds is 11. The van der Waals surface area contributed by atoms with Crippen molar-refractivity contribution >= 4 is 22.8 Å². The van der Waals surface area contributed by atoms with Crippen LogP contribution < -0.4 is 35.2 Å². The highest BCUT2D eigenvalue weighted by molar-refractivity contribution is 5.90. The van der Waals surface area contributed by atoms with E-state index in [1.165, 1.54) is 0 Å². The van der Waals surface area contributed by atoms with Crippen LogP contribution in [-0.2, 0) is 32.2 Å². The fourth-order valence-corrected chi connectivity index (χ4v) is 13.0. The lowest BCUT2D eigenvalue weighted by Crippen LogP contribution is -2.83. The predicted octanol–water partition coefficient (Wildman–Crippen LogP) is 1.44. The van der Waals surface area contributed by atoms with E-state index in [9.17, 15) is 45.3 Å². The van der Waals surface area contributed by atoms with Gasteiger partial charge in [-0.1, -0.05) is 48.2 Å². The Hall–Kier alpha value is -6.38. The van der Waals surface area contributed by atoms with E-state index < -0.39 is 115 Å². The summed E-state index contributed by atoms with van der Waals surface area (Å²) in [6, 6.07) is 16.6. The molecule has 5 aliphatic heterocycles. The summed E-state index contributed by atoms with van der Waals surface area (Å²) in [7, 11) is 0. The van der Waals surface area contributed by atoms with Crippen molar-refractivity contribution in [3.63, 3.8) is 0 Å². The highest BCUT2D eigenvalue weighted by atomic mass is 16.7. The van der Waals surface area contributed by atoms with E-state index in [0.717, 1.165) is 16.5 Å². The fraction of sp³-hybridized carbons (Fsp3) is 0.451. The van der Waals surface area contributed by atoms with E-state index in [2.05, 4.69) is 16.8 Å². The number of hydrogen-bond acceptors (Lipinski definition) is 17. The van der Waals surface area contributed by atoms with Crippen molar-refractivity contribution in [1.29, 1.82) is 0 Å². The molecule has 3 fully saturated rings. The number of ether oxygens (including phenoxy) is 7. The number of aliphatic hydroxyl groups excluding tert-OH is 4. The Morgan fingerprint density at radius 1 is 0.958 bits per heavy atom. The number of aromatic amines is 1. The van der Waals surface area contributed by atoms with Gasteiger partial charge in [0.1, 0.15) is 60.6 Å². The average Bonchev–Trinajstić information content (AvgIpc) is 4.03. The third-order valence-electron chi connectivity index (χ3n) is 16.0. The summed E-state index contributed by atoms with van der Waals surface area (Å²) in [4.78, 5) is 27.7. The lowest BCUT2D eigenvalue weighted by atomic mass is 9.49. The maximum absolute atomic E-state index is 13.2. The molecule has 12 N–H and O–H groups in total. The summed E-state index contributed by atoms with van der Waals surface area (Å²) >= 11 is 0. The van der Waals surface area contributed by atoms with Crippen LogP contribution >= 0.6 is 0 Å². The first-order chi connectivity index (χ1) is 34.2. The Morgan fingerprint density at radius 3 is 2.52 bits per heavy atom. The number of benzene rings is 3. The standard InChI is InChI=1S/C51H52N4O16/c52-47(53)45(69-36(61)16-35(59)60)46-50(63)24-6-8-27-30(14-24)51(64,48(50)62)49(71-46)68-33-15-34-38(29(37(27)33)18-55-17-23-12-13-54-40(23)31(55)19-56)44-39-28-10-11-32(66-21-57)43(42(28)70-44)65-20-25(58)7-9-26(41(39)67-34)22-4-2-1-3-5-22/h1-5,10-13,15,17,24-27,30,39,41,44-49,54,56-58,62-64H,6,8,14,16,18-21,52-53H2,(H,59,60). The SMILES string of the molecule is NC(N)C(OC(=O)CC(=O)O)C1OC2Oc3cc4c(c(Cn5cc6cc[nH]c6c5CO)c3C3CCC5CC3C2(O)C(O)C51O)C1Oc2c3ccc(OCO)c2OCC(O)C#CC(c2ccccc2)C(O4)C31. The largest absolute Gasteiger partial charge is 0.487 e. The summed E-state index contributed by atoms with van der Waals surface area (Å²) in [5, 5.41) is 80.8. The average molecular weight is 977 g/mol. The molecule has 14 atom stereocenters. The summed E-state index contributed by atoms with van der Waals surface area (Å²) < 4.78 is 47.3. The third kappa shape index (κ3) is 6.79. The van der Waals surface area contributed by atoms with E-state index >= 15 is 0 Å². The number of hydrogen-bond donors (Lipinski definition) is 10. The molecule has 2 aliphatic carbocycles. The lowest BCUT2D eigenvalue weighted by molar-refractivity contribution is -0.403. The van der Waals surface area contributed by atoms with E-state index in [1.807, 2.05) is 53.2 Å². The zero-order valence-electron chi connectivity index (χ0n) is 37.9. The molecule has 7 aliphatic rings. The first kappa shape index (κ1) is 45.7. The van der Waals surface area contributed by atoms with E-state index in [0.29, 0.717) is 45.9 Å². The van der Waals surface area contributed by atoms with Gasteiger partial charge in [0, 0.05) is 53.0 Å². The van der Waals surface area contributed by atoms with Crippen LogP contribution in [0.3, 0.4) is 0 Å². The van der Waals surface area contributed by atoms with Gasteiger partial charge in [0.05, 0.1) is 35.8 Å². The minimum atomic E-state index is -2.31. The maximum Gasteiger partial charge on any atom is 0.317 e. The van der Waals surface area contributed by atoms with Crippen molar-refractivity contribution < 1.29 is 78.5 Å². The first-order valence-electron chi connectivity index (χ1n) is 23.7. The molecule has 20 heteroatoms. The van der Waals surface area contributed by atoms with Gasteiger partial charge in [0.2, 0.25) is 12.0 Å². The zero-order valence-corrected chi connectivity index (χ0v) is 37.9. The topological polar surface area (TPSA) is 313 Å². The van der Waals surface area contributed by atoms with E-state index in [-0.39, 0.29) is 49.8 Å². The molecule has 14 unspecified atom stereocenters. The van der Waals surface area contributed by atoms with E-state index in [1.54, 1.807) is 18.3 Å². The number of carbonyl (C=O) groups excluding carboxylic acids is 1. The number of carboxylic acid groups (broad SMARTS) is 1. The Bertz CT molecular complexity index is 3020. The van der Waals surface area contributed by atoms with Crippen LogP contribution in [0.2, 0.25) is 0 Å². The number of carboxylic acids is 1. The summed E-state index contributed by atoms with van der Waals surface area (Å²) in [5.41, 5.74) is 12.5. The second-order valence-corrected chi connectivity index (χ2v) is 19.6. The molecule has 372 valence electrons. The molecular formula is C51H52N4O16. The number of aromatic nitrogens is 2. The minimum Gasteiger partial charge on any atom is -0.487 e. The fourth-order valence-electron chi connectivity index (χ4n) is 13.0. The van der Waals surface area contributed by atoms with Crippen LogP contribution in [0.4, 0.5) is 0 Å². The Kier molecular flexibility index (Phi) is 10.9. The van der Waals surface area contributed by atoms with Gasteiger partial charge in [-0.05, 0) is 54.4 Å². The number of nitrogens with one attached hydrogen (secondary N) is 1. The molecule has 5 aromatic rings. The van der Waals surface area contributed by atoms with Crippen molar-refractivity contribution in [2.45, 2.75) is 117 Å². The summed E-state index contributed by atoms with van der Waals surface area (Å²) in [5.74, 6) is 1.28. The zero-order chi connectivity index (χ0) is 49.2. The Labute approximate surface area is 404 Å². The molecule has 0 spiro atoms. The van der Waals surface area contributed by atoms with Gasteiger partial charge < -0.3 is 89.9 Å². The normalized spacial score (nSPS) is 32.8. The second kappa shape index (κ2) is 16.9. The number of nitrogens with zero attached hydrogens (tertiary/aromatic N) is 1.